The first-order chi connectivity index (χ1) is 16.0. The number of rotatable bonds is 5. The Labute approximate surface area is 197 Å². The Morgan fingerprint density at radius 1 is 1.18 bits per heavy atom. The summed E-state index contributed by atoms with van der Waals surface area (Å²) >= 11 is 0. The van der Waals surface area contributed by atoms with E-state index in [1.807, 2.05) is 44.7 Å². The van der Waals surface area contributed by atoms with Gasteiger partial charge >= 0.3 is 6.18 Å². The average Bonchev–Trinajstić information content (AvgIpc) is 3.22. The monoisotopic (exact) mass is 476 g/mol. The fraction of sp³-hybridized carbons (Fsp3) is 0.542. The van der Waals surface area contributed by atoms with E-state index in [-0.39, 0.29) is 30.0 Å². The molecule has 7 nitrogen and oxygen atoms in total. The third-order valence-electron chi connectivity index (χ3n) is 6.86. The number of amides is 1. The number of fused-ring (bicyclic) bond motifs is 1. The maximum atomic E-state index is 12.9. The topological polar surface area (TPSA) is 73.4 Å². The van der Waals surface area contributed by atoms with E-state index in [0.717, 1.165) is 37.1 Å². The number of nitrogens with one attached hydrogen (secondary N) is 2. The van der Waals surface area contributed by atoms with Gasteiger partial charge in [0.1, 0.15) is 11.7 Å². The normalized spacial score (nSPS) is 22.6. The summed E-state index contributed by atoms with van der Waals surface area (Å²) in [5.74, 6) is 1.29. The van der Waals surface area contributed by atoms with E-state index in [1.165, 1.54) is 12.1 Å². The summed E-state index contributed by atoms with van der Waals surface area (Å²) in [6.07, 6.45) is -1.71. The molecule has 1 unspecified atom stereocenters. The van der Waals surface area contributed by atoms with Crippen LogP contribution in [-0.2, 0) is 11.0 Å². The number of halogens is 3. The molecule has 34 heavy (non-hydrogen) atoms. The molecule has 4 rings (SSSR count). The number of carbonyl (C=O) groups excluding carboxylic acids is 1. The van der Waals surface area contributed by atoms with Gasteiger partial charge in [-0.25, -0.2) is 4.98 Å². The van der Waals surface area contributed by atoms with Crippen molar-refractivity contribution in [3.63, 3.8) is 0 Å². The number of likely N-dealkylation sites (N-methyl/N-ethyl adjacent to an activating group) is 1. The maximum absolute atomic E-state index is 12.9. The quantitative estimate of drug-likeness (QED) is 0.653. The van der Waals surface area contributed by atoms with Gasteiger partial charge in [-0.1, -0.05) is 13.8 Å². The molecular weight excluding hydrogens is 445 g/mol. The summed E-state index contributed by atoms with van der Waals surface area (Å²) < 4.78 is 38.6. The molecule has 1 aliphatic carbocycles. The molecular formula is C24H31F3N6O. The van der Waals surface area contributed by atoms with Crippen LogP contribution in [0.25, 0.3) is 0 Å². The van der Waals surface area contributed by atoms with E-state index in [4.69, 9.17) is 4.98 Å². The summed E-state index contributed by atoms with van der Waals surface area (Å²) in [6.45, 7) is 5.86. The molecule has 1 saturated carbocycles. The molecule has 0 radical (unpaired) electrons. The number of anilines is 4. The van der Waals surface area contributed by atoms with Crippen LogP contribution in [0.3, 0.4) is 0 Å². The number of carbonyl (C=O) groups is 1. The second kappa shape index (κ2) is 8.96. The minimum absolute atomic E-state index is 0.0534. The minimum atomic E-state index is -4.33. The number of aryl methyl sites for hydroxylation is 1. The Hall–Kier alpha value is -3.04. The van der Waals surface area contributed by atoms with Gasteiger partial charge < -0.3 is 20.4 Å². The van der Waals surface area contributed by atoms with Gasteiger partial charge in [0.15, 0.2) is 5.82 Å². The van der Waals surface area contributed by atoms with Crippen LogP contribution in [0.1, 0.15) is 44.4 Å². The third-order valence-corrected chi connectivity index (χ3v) is 6.86. The lowest BCUT2D eigenvalue weighted by molar-refractivity contribution is -0.137. The van der Waals surface area contributed by atoms with Gasteiger partial charge in [-0.05, 0) is 56.4 Å². The number of aromatic nitrogens is 2. The lowest BCUT2D eigenvalue weighted by atomic mass is 9.99. The molecule has 2 N–H and O–H groups in total. The first kappa shape index (κ1) is 24.1. The zero-order valence-electron chi connectivity index (χ0n) is 20.1. The zero-order valence-corrected chi connectivity index (χ0v) is 20.1. The van der Waals surface area contributed by atoms with Crippen LogP contribution in [0.2, 0.25) is 0 Å². The molecule has 10 heteroatoms. The largest absolute Gasteiger partial charge is 0.416 e. The number of nitrogens with zero attached hydrogens (tertiary/aromatic N) is 4. The zero-order chi connectivity index (χ0) is 24.8. The molecule has 1 amide bonds. The minimum Gasteiger partial charge on any atom is -0.372 e. The van der Waals surface area contributed by atoms with Gasteiger partial charge in [-0.3, -0.25) is 4.79 Å². The molecule has 1 aliphatic heterocycles. The molecule has 1 aromatic heterocycles. The molecule has 0 spiro atoms. The Balaban J connectivity index is 1.45. The highest BCUT2D eigenvalue weighted by Gasteiger charge is 2.36. The van der Waals surface area contributed by atoms with E-state index in [2.05, 4.69) is 15.6 Å². The Kier molecular flexibility index (Phi) is 6.35. The highest BCUT2D eigenvalue weighted by molar-refractivity contribution is 6.03. The molecule has 2 aliphatic rings. The number of hydrogen-bond acceptors (Lipinski definition) is 6. The van der Waals surface area contributed by atoms with Crippen molar-refractivity contribution >= 4 is 29.0 Å². The number of benzene rings is 1. The Morgan fingerprint density at radius 3 is 2.47 bits per heavy atom. The molecule has 184 valence electrons. The molecule has 3 atom stereocenters. The van der Waals surface area contributed by atoms with Crippen molar-refractivity contribution in [2.45, 2.75) is 64.3 Å². The van der Waals surface area contributed by atoms with Crippen molar-refractivity contribution in [3.8, 4) is 0 Å². The predicted octanol–water partition coefficient (Wildman–Crippen LogP) is 4.69. The molecule has 0 bridgehead atoms. The van der Waals surface area contributed by atoms with Crippen molar-refractivity contribution in [1.82, 2.24) is 9.97 Å². The smallest absolute Gasteiger partial charge is 0.372 e. The molecule has 1 aromatic carbocycles. The van der Waals surface area contributed by atoms with Crippen molar-refractivity contribution in [1.29, 1.82) is 0 Å². The lowest BCUT2D eigenvalue weighted by Crippen LogP contribution is -2.49. The standard InChI is InChI=1S/C24H31F3N6O/c1-13(2)20-22(34)30-19-14(3)28-23(31-21(19)33(20)5)29-16-8-11-18(12-16)32(4)17-9-6-15(7-10-17)24(25,26)27/h6-7,9-10,13,16,18,20H,8,11-12H2,1-5H3,(H,30,34)(H,28,29,31)/t16-,18-,20?/m1/s1. The maximum Gasteiger partial charge on any atom is 0.416 e. The van der Waals surface area contributed by atoms with Crippen LogP contribution in [0, 0.1) is 12.8 Å². The van der Waals surface area contributed by atoms with Crippen LogP contribution in [-0.4, -0.2) is 48.1 Å². The Morgan fingerprint density at radius 2 is 1.85 bits per heavy atom. The average molecular weight is 477 g/mol. The summed E-state index contributed by atoms with van der Waals surface area (Å²) in [5.41, 5.74) is 1.46. The predicted molar refractivity (Wildman–Crippen MR) is 127 cm³/mol. The highest BCUT2D eigenvalue weighted by Crippen LogP contribution is 2.36. The summed E-state index contributed by atoms with van der Waals surface area (Å²) in [6, 6.07) is 5.33. The second-order valence-electron chi connectivity index (χ2n) is 9.58. The number of alkyl halides is 3. The van der Waals surface area contributed by atoms with E-state index >= 15 is 0 Å². The fourth-order valence-electron chi connectivity index (χ4n) is 5.00. The van der Waals surface area contributed by atoms with Crippen LogP contribution >= 0.6 is 0 Å². The third kappa shape index (κ3) is 4.63. The van der Waals surface area contributed by atoms with Crippen LogP contribution in [0.15, 0.2) is 24.3 Å². The summed E-state index contributed by atoms with van der Waals surface area (Å²) in [5, 5.41) is 6.39. The van der Waals surface area contributed by atoms with Crippen LogP contribution < -0.4 is 20.4 Å². The van der Waals surface area contributed by atoms with E-state index < -0.39 is 11.7 Å². The van der Waals surface area contributed by atoms with Gasteiger partial charge in [0, 0.05) is 31.9 Å². The molecule has 0 saturated heterocycles. The van der Waals surface area contributed by atoms with E-state index in [0.29, 0.717) is 23.1 Å². The highest BCUT2D eigenvalue weighted by atomic mass is 19.4. The molecule has 2 aromatic rings. The van der Waals surface area contributed by atoms with Crippen molar-refractivity contribution in [2.24, 2.45) is 5.92 Å². The van der Waals surface area contributed by atoms with E-state index in [9.17, 15) is 18.0 Å². The van der Waals surface area contributed by atoms with Gasteiger partial charge in [-0.2, -0.15) is 18.2 Å². The first-order valence-electron chi connectivity index (χ1n) is 11.5. The van der Waals surface area contributed by atoms with Crippen molar-refractivity contribution in [3.05, 3.63) is 35.5 Å². The summed E-state index contributed by atoms with van der Waals surface area (Å²) in [7, 11) is 3.79. The second-order valence-corrected chi connectivity index (χ2v) is 9.58. The fourth-order valence-corrected chi connectivity index (χ4v) is 5.00. The van der Waals surface area contributed by atoms with Crippen LogP contribution in [0.5, 0.6) is 0 Å². The van der Waals surface area contributed by atoms with Gasteiger partial charge in [0.05, 0.1) is 11.3 Å². The van der Waals surface area contributed by atoms with Gasteiger partial charge in [-0.15, -0.1) is 0 Å². The van der Waals surface area contributed by atoms with Gasteiger partial charge in [0.25, 0.3) is 0 Å². The van der Waals surface area contributed by atoms with Crippen LogP contribution in [0.4, 0.5) is 36.3 Å². The Bertz CT molecular complexity index is 1060. The van der Waals surface area contributed by atoms with Crippen molar-refractivity contribution in [2.75, 3.05) is 34.5 Å². The van der Waals surface area contributed by atoms with Gasteiger partial charge in [0.2, 0.25) is 11.9 Å². The van der Waals surface area contributed by atoms with E-state index in [1.54, 1.807) is 0 Å². The molecule has 1 fully saturated rings. The lowest BCUT2D eigenvalue weighted by Gasteiger charge is -2.37. The summed E-state index contributed by atoms with van der Waals surface area (Å²) in [4.78, 5) is 25.8. The molecule has 2 heterocycles. The SMILES string of the molecule is Cc1nc(N[C@@H]2CC[C@@H](N(C)c3ccc(C(F)(F)F)cc3)C2)nc2c1NC(=O)C(C(C)C)N2C. The first-order valence-corrected chi connectivity index (χ1v) is 11.5. The number of hydrogen-bond donors (Lipinski definition) is 2. The van der Waals surface area contributed by atoms with Crippen molar-refractivity contribution < 1.29 is 18.0 Å².